The summed E-state index contributed by atoms with van der Waals surface area (Å²) in [5.41, 5.74) is 7.06. The van der Waals surface area contributed by atoms with Crippen molar-refractivity contribution < 1.29 is 8.42 Å². The van der Waals surface area contributed by atoms with Gasteiger partial charge in [-0.15, -0.1) is 0 Å². The van der Waals surface area contributed by atoms with Gasteiger partial charge in [-0.2, -0.15) is 0 Å². The lowest BCUT2D eigenvalue weighted by atomic mass is 9.91. The molecule has 0 heterocycles. The van der Waals surface area contributed by atoms with Gasteiger partial charge in [0.25, 0.3) is 0 Å². The van der Waals surface area contributed by atoms with E-state index >= 15 is 0 Å². The highest BCUT2D eigenvalue weighted by molar-refractivity contribution is 7.92. The standard InChI is InChI=1S/C12H23NO2S/c1-12(2,3)16(14,15)9-8-10-4-6-11(13)7-5-10/h8,11H,4-7,9,13H2,1-3H3. The first kappa shape index (κ1) is 13.7. The summed E-state index contributed by atoms with van der Waals surface area (Å²) >= 11 is 0. The van der Waals surface area contributed by atoms with Crippen LogP contribution in [0.5, 0.6) is 0 Å². The summed E-state index contributed by atoms with van der Waals surface area (Å²) in [5.74, 6) is 0.168. The summed E-state index contributed by atoms with van der Waals surface area (Å²) in [6.45, 7) is 5.24. The molecule has 4 heteroatoms. The van der Waals surface area contributed by atoms with Crippen molar-refractivity contribution in [2.75, 3.05) is 5.75 Å². The normalized spacial score (nSPS) is 23.2. The van der Waals surface area contributed by atoms with E-state index in [1.54, 1.807) is 20.8 Å². The maximum Gasteiger partial charge on any atom is 0.158 e. The molecule has 1 aliphatic rings. The summed E-state index contributed by atoms with van der Waals surface area (Å²) in [6, 6.07) is 0.302. The first-order valence-electron chi connectivity index (χ1n) is 5.88. The van der Waals surface area contributed by atoms with Gasteiger partial charge in [-0.25, -0.2) is 8.42 Å². The van der Waals surface area contributed by atoms with Crippen LogP contribution in [0.15, 0.2) is 11.6 Å². The molecule has 0 amide bonds. The van der Waals surface area contributed by atoms with Gasteiger partial charge >= 0.3 is 0 Å². The smallest absolute Gasteiger partial charge is 0.158 e. The van der Waals surface area contributed by atoms with E-state index in [1.165, 1.54) is 5.57 Å². The van der Waals surface area contributed by atoms with E-state index in [0.717, 1.165) is 25.7 Å². The molecule has 0 radical (unpaired) electrons. The van der Waals surface area contributed by atoms with Crippen molar-refractivity contribution in [2.45, 2.75) is 57.2 Å². The number of hydrogen-bond donors (Lipinski definition) is 1. The molecule has 1 rings (SSSR count). The van der Waals surface area contributed by atoms with Crippen LogP contribution in [0.4, 0.5) is 0 Å². The van der Waals surface area contributed by atoms with Crippen molar-refractivity contribution in [3.63, 3.8) is 0 Å². The topological polar surface area (TPSA) is 60.2 Å². The van der Waals surface area contributed by atoms with Crippen LogP contribution >= 0.6 is 0 Å². The van der Waals surface area contributed by atoms with Gasteiger partial charge in [-0.05, 0) is 46.5 Å². The SMILES string of the molecule is CC(C)(C)S(=O)(=O)CC=C1CCC(N)CC1. The first-order valence-corrected chi connectivity index (χ1v) is 7.53. The second-order valence-electron chi connectivity index (χ2n) is 5.59. The Kier molecular flexibility index (Phi) is 4.18. The Morgan fingerprint density at radius 1 is 1.31 bits per heavy atom. The average molecular weight is 245 g/mol. The molecule has 1 fully saturated rings. The Morgan fingerprint density at radius 2 is 1.81 bits per heavy atom. The summed E-state index contributed by atoms with van der Waals surface area (Å²) in [5, 5.41) is 0. The Hall–Kier alpha value is -0.350. The van der Waals surface area contributed by atoms with Gasteiger partial charge in [-0.3, -0.25) is 0 Å². The Morgan fingerprint density at radius 3 is 2.25 bits per heavy atom. The largest absolute Gasteiger partial charge is 0.328 e. The number of rotatable bonds is 2. The fourth-order valence-corrected chi connectivity index (χ4v) is 2.65. The minimum absolute atomic E-state index is 0.168. The van der Waals surface area contributed by atoms with E-state index in [9.17, 15) is 8.42 Å². The molecule has 2 N–H and O–H groups in total. The zero-order valence-corrected chi connectivity index (χ0v) is 11.3. The van der Waals surface area contributed by atoms with Gasteiger partial charge in [0.05, 0.1) is 10.5 Å². The summed E-state index contributed by atoms with van der Waals surface area (Å²) in [4.78, 5) is 0. The molecule has 1 aliphatic carbocycles. The maximum atomic E-state index is 11.9. The van der Waals surface area contributed by atoms with Crippen molar-refractivity contribution in [2.24, 2.45) is 5.73 Å². The van der Waals surface area contributed by atoms with Crippen LogP contribution in [0.3, 0.4) is 0 Å². The molecule has 0 atom stereocenters. The third-order valence-electron chi connectivity index (χ3n) is 3.20. The Bertz CT molecular complexity index is 353. The van der Waals surface area contributed by atoms with Crippen molar-refractivity contribution in [3.8, 4) is 0 Å². The molecular formula is C12H23NO2S. The van der Waals surface area contributed by atoms with Crippen molar-refractivity contribution in [1.29, 1.82) is 0 Å². The number of allylic oxidation sites excluding steroid dienone is 1. The summed E-state index contributed by atoms with van der Waals surface area (Å²) < 4.78 is 23.1. The van der Waals surface area contributed by atoms with Crippen LogP contribution in [-0.4, -0.2) is 25.0 Å². The highest BCUT2D eigenvalue weighted by Crippen LogP contribution is 2.23. The maximum absolute atomic E-state index is 11.9. The highest BCUT2D eigenvalue weighted by Gasteiger charge is 2.27. The third kappa shape index (κ3) is 3.59. The summed E-state index contributed by atoms with van der Waals surface area (Å²) in [7, 11) is -3.02. The zero-order valence-electron chi connectivity index (χ0n) is 10.5. The van der Waals surface area contributed by atoms with Gasteiger partial charge in [0.1, 0.15) is 0 Å². The third-order valence-corrected chi connectivity index (χ3v) is 5.67. The number of sulfone groups is 1. The lowest BCUT2D eigenvalue weighted by Crippen LogP contribution is -2.30. The quantitative estimate of drug-likeness (QED) is 0.757. The molecule has 0 saturated heterocycles. The molecular weight excluding hydrogens is 222 g/mol. The lowest BCUT2D eigenvalue weighted by molar-refractivity contribution is 0.511. The predicted octanol–water partition coefficient (Wildman–Crippen LogP) is 2.03. The molecule has 0 bridgehead atoms. The van der Waals surface area contributed by atoms with Gasteiger partial charge < -0.3 is 5.73 Å². The van der Waals surface area contributed by atoms with Crippen LogP contribution in [0.1, 0.15) is 46.5 Å². The fourth-order valence-electron chi connectivity index (χ4n) is 1.69. The second kappa shape index (κ2) is 4.88. The zero-order chi connectivity index (χ0) is 12.4. The van der Waals surface area contributed by atoms with E-state index in [0.29, 0.717) is 6.04 Å². The van der Waals surface area contributed by atoms with E-state index in [1.807, 2.05) is 6.08 Å². The van der Waals surface area contributed by atoms with E-state index in [2.05, 4.69) is 0 Å². The van der Waals surface area contributed by atoms with Crippen LogP contribution < -0.4 is 5.73 Å². The van der Waals surface area contributed by atoms with Crippen molar-refractivity contribution in [1.82, 2.24) is 0 Å². The molecule has 0 aromatic heterocycles. The first-order chi connectivity index (χ1) is 7.22. The molecule has 0 unspecified atom stereocenters. The molecule has 16 heavy (non-hydrogen) atoms. The average Bonchev–Trinajstić information content (AvgIpc) is 2.15. The van der Waals surface area contributed by atoms with Crippen LogP contribution in [0, 0.1) is 0 Å². The highest BCUT2D eigenvalue weighted by atomic mass is 32.2. The van der Waals surface area contributed by atoms with Crippen molar-refractivity contribution >= 4 is 9.84 Å². The fraction of sp³-hybridized carbons (Fsp3) is 0.833. The monoisotopic (exact) mass is 245 g/mol. The molecule has 0 aromatic carbocycles. The molecule has 3 nitrogen and oxygen atoms in total. The Labute approximate surface area is 99.0 Å². The van der Waals surface area contributed by atoms with E-state index in [-0.39, 0.29) is 5.75 Å². The molecule has 0 aliphatic heterocycles. The molecule has 0 spiro atoms. The minimum Gasteiger partial charge on any atom is -0.328 e. The van der Waals surface area contributed by atoms with Crippen LogP contribution in [-0.2, 0) is 9.84 Å². The molecule has 94 valence electrons. The van der Waals surface area contributed by atoms with Gasteiger partial charge in [0.15, 0.2) is 9.84 Å². The second-order valence-corrected chi connectivity index (χ2v) is 8.38. The van der Waals surface area contributed by atoms with E-state index in [4.69, 9.17) is 5.73 Å². The summed E-state index contributed by atoms with van der Waals surface area (Å²) in [6.07, 6.45) is 5.79. The van der Waals surface area contributed by atoms with Gasteiger partial charge in [0, 0.05) is 6.04 Å². The Balaban J connectivity index is 2.61. The van der Waals surface area contributed by atoms with Gasteiger partial charge in [0.2, 0.25) is 0 Å². The minimum atomic E-state index is -3.02. The number of nitrogens with two attached hydrogens (primary N) is 1. The number of hydrogen-bond acceptors (Lipinski definition) is 3. The molecule has 0 aromatic rings. The predicted molar refractivity (Wildman–Crippen MR) is 68.1 cm³/mol. The van der Waals surface area contributed by atoms with Gasteiger partial charge in [-0.1, -0.05) is 11.6 Å². The van der Waals surface area contributed by atoms with Crippen molar-refractivity contribution in [3.05, 3.63) is 11.6 Å². The molecule has 1 saturated carbocycles. The van der Waals surface area contributed by atoms with Crippen LogP contribution in [0.25, 0.3) is 0 Å². The van der Waals surface area contributed by atoms with Crippen LogP contribution in [0.2, 0.25) is 0 Å². The lowest BCUT2D eigenvalue weighted by Gasteiger charge is -2.21. The van der Waals surface area contributed by atoms with E-state index < -0.39 is 14.6 Å².